The van der Waals surface area contributed by atoms with Gasteiger partial charge in [0.1, 0.15) is 17.8 Å². The van der Waals surface area contributed by atoms with E-state index in [-0.39, 0.29) is 65.4 Å². The van der Waals surface area contributed by atoms with Gasteiger partial charge in [-0.25, -0.2) is 0 Å². The third kappa shape index (κ3) is 7.92. The van der Waals surface area contributed by atoms with E-state index in [9.17, 15) is 14.4 Å². The lowest BCUT2D eigenvalue weighted by atomic mass is 9.59. The average molecular weight is 895 g/mol. The summed E-state index contributed by atoms with van der Waals surface area (Å²) < 4.78 is 18.0. The standard InChI is InChI=1S/C44H62O4.C6H12O2.C2H4O2.4CH4/c1-5-44(4,42(46)48-32-15-24-13-26(32)40-30-17-28(38(24)40)34-20-7-9-22(11-20)36(30)34)18-43(2,3)41(45)47-31-14-23-12-25(31)39-29-16-27(37(23)39)33-19-6-8-21(10-19)35(29)33;1-5(7)8-6(2,3)4;1-2(3)4;;;;/h19-40H,5-18H2,1-4H3;1-4H3;1H3,(H,3,4);4*1H4. The number of hydrogen-bond donors (Lipinski definition) is 1. The molecular formula is C56H94O8. The fraction of sp³-hybridized carbons (Fsp3) is 0.929. The van der Waals surface area contributed by atoms with Crippen LogP contribution in [0, 0.1) is 129 Å². The summed E-state index contributed by atoms with van der Waals surface area (Å²) in [6.07, 6.45) is 18.4. The monoisotopic (exact) mass is 895 g/mol. The van der Waals surface area contributed by atoms with E-state index < -0.39 is 16.8 Å². The number of ether oxygens (including phenoxy) is 3. The molecule has 366 valence electrons. The van der Waals surface area contributed by atoms with Gasteiger partial charge in [0.15, 0.2) is 0 Å². The zero-order chi connectivity index (χ0) is 42.5. The molecule has 12 fully saturated rings. The molecule has 23 unspecified atom stereocenters. The molecule has 0 spiro atoms. The van der Waals surface area contributed by atoms with Crippen molar-refractivity contribution in [1.29, 1.82) is 0 Å². The molecule has 0 aliphatic heterocycles. The Labute approximate surface area is 390 Å². The van der Waals surface area contributed by atoms with E-state index in [0.717, 1.165) is 126 Å². The van der Waals surface area contributed by atoms with Crippen LogP contribution >= 0.6 is 0 Å². The zero-order valence-electron chi connectivity index (χ0n) is 38.4. The van der Waals surface area contributed by atoms with Gasteiger partial charge in [0.05, 0.1) is 10.8 Å². The number of carbonyl (C=O) groups is 4. The van der Waals surface area contributed by atoms with E-state index in [0.29, 0.717) is 24.7 Å². The molecule has 23 atom stereocenters. The van der Waals surface area contributed by atoms with Crippen molar-refractivity contribution in [2.45, 2.75) is 200 Å². The molecule has 8 heteroatoms. The quantitative estimate of drug-likeness (QED) is 0.153. The van der Waals surface area contributed by atoms with Gasteiger partial charge < -0.3 is 19.3 Å². The summed E-state index contributed by atoms with van der Waals surface area (Å²) >= 11 is 0. The minimum absolute atomic E-state index is 0. The highest BCUT2D eigenvalue weighted by Gasteiger charge is 2.73. The largest absolute Gasteiger partial charge is 0.481 e. The highest BCUT2D eigenvalue weighted by atomic mass is 16.6. The summed E-state index contributed by atoms with van der Waals surface area (Å²) in [4.78, 5) is 47.5. The first-order chi connectivity index (χ1) is 28.3. The Balaban J connectivity index is 0.000000381. The molecule has 12 aliphatic carbocycles. The Kier molecular flexibility index (Phi) is 14.2. The predicted molar refractivity (Wildman–Crippen MR) is 254 cm³/mol. The molecule has 0 heterocycles. The van der Waals surface area contributed by atoms with E-state index in [1.807, 2.05) is 34.6 Å². The van der Waals surface area contributed by atoms with Gasteiger partial charge in [0, 0.05) is 13.8 Å². The van der Waals surface area contributed by atoms with E-state index >= 15 is 0 Å². The van der Waals surface area contributed by atoms with Crippen LogP contribution in [0.25, 0.3) is 0 Å². The van der Waals surface area contributed by atoms with Crippen molar-refractivity contribution in [3.8, 4) is 0 Å². The first-order valence-corrected chi connectivity index (χ1v) is 25.1. The van der Waals surface area contributed by atoms with Crippen molar-refractivity contribution >= 4 is 23.9 Å². The second-order valence-electron chi connectivity index (χ2n) is 25.3. The van der Waals surface area contributed by atoms with E-state index in [1.54, 1.807) is 0 Å². The van der Waals surface area contributed by atoms with Gasteiger partial charge in [0.2, 0.25) is 0 Å². The van der Waals surface area contributed by atoms with E-state index in [4.69, 9.17) is 24.1 Å². The number of esters is 3. The topological polar surface area (TPSA) is 116 Å². The molecular weight excluding hydrogens is 801 g/mol. The Hall–Kier alpha value is -2.12. The Bertz CT molecular complexity index is 1740. The van der Waals surface area contributed by atoms with Crippen molar-refractivity contribution in [2.24, 2.45) is 129 Å². The highest BCUT2D eigenvalue weighted by Crippen LogP contribution is 2.78. The van der Waals surface area contributed by atoms with Crippen molar-refractivity contribution in [3.05, 3.63) is 0 Å². The van der Waals surface area contributed by atoms with Gasteiger partial charge in [-0.1, -0.05) is 36.6 Å². The fourth-order valence-corrected chi connectivity index (χ4v) is 20.1. The summed E-state index contributed by atoms with van der Waals surface area (Å²) in [7, 11) is 0. The minimum atomic E-state index is -0.833. The molecule has 64 heavy (non-hydrogen) atoms. The van der Waals surface area contributed by atoms with Crippen LogP contribution in [-0.2, 0) is 33.4 Å². The molecule has 0 aromatic rings. The van der Waals surface area contributed by atoms with Crippen LogP contribution in [0.15, 0.2) is 0 Å². The molecule has 1 N–H and O–H groups in total. The van der Waals surface area contributed by atoms with Gasteiger partial charge in [-0.05, 0) is 250 Å². The minimum Gasteiger partial charge on any atom is -0.481 e. The van der Waals surface area contributed by atoms with Gasteiger partial charge in [-0.2, -0.15) is 0 Å². The summed E-state index contributed by atoms with van der Waals surface area (Å²) in [5, 5.41) is 7.42. The third-order valence-corrected chi connectivity index (χ3v) is 20.9. The van der Waals surface area contributed by atoms with Crippen LogP contribution in [0.2, 0.25) is 0 Å². The Morgan fingerprint density at radius 1 is 0.484 bits per heavy atom. The third-order valence-electron chi connectivity index (χ3n) is 20.9. The van der Waals surface area contributed by atoms with Crippen molar-refractivity contribution in [2.75, 3.05) is 0 Å². The molecule has 12 bridgehead atoms. The smallest absolute Gasteiger partial charge is 0.312 e. The second kappa shape index (κ2) is 17.8. The van der Waals surface area contributed by atoms with Crippen LogP contribution in [-0.4, -0.2) is 46.8 Å². The lowest BCUT2D eigenvalue weighted by Crippen LogP contribution is -2.47. The predicted octanol–water partition coefficient (Wildman–Crippen LogP) is 12.8. The fourth-order valence-electron chi connectivity index (χ4n) is 20.1. The van der Waals surface area contributed by atoms with Gasteiger partial charge in [-0.15, -0.1) is 0 Å². The SMILES string of the molecule is C.C.C.C.CC(=O)O.CC(=O)OC(C)(C)C.CCC(C)(CC(C)(C)C(=O)OC1CC2CC1C1C3CC(C4C5CCC(C5)C34)C21)C(=O)OC1CC2CC1C1C3CC(C4C5CCC(C5)C34)C21. The van der Waals surface area contributed by atoms with Crippen molar-refractivity contribution < 1.29 is 38.5 Å². The summed E-state index contributed by atoms with van der Waals surface area (Å²) in [6, 6.07) is 0. The average Bonchev–Trinajstić information content (AvgIpc) is 3.99. The zero-order valence-corrected chi connectivity index (χ0v) is 38.4. The maximum Gasteiger partial charge on any atom is 0.312 e. The molecule has 0 amide bonds. The number of carbonyl (C=O) groups excluding carboxylic acids is 3. The Morgan fingerprint density at radius 3 is 1.16 bits per heavy atom. The molecule has 12 aliphatic rings. The number of aliphatic carboxylic acids is 1. The first-order valence-electron chi connectivity index (χ1n) is 25.1. The Morgan fingerprint density at radius 2 is 0.828 bits per heavy atom. The van der Waals surface area contributed by atoms with Crippen LogP contribution in [0.5, 0.6) is 0 Å². The number of hydrogen-bond acceptors (Lipinski definition) is 7. The second-order valence-corrected chi connectivity index (χ2v) is 25.3. The van der Waals surface area contributed by atoms with Crippen LogP contribution in [0.4, 0.5) is 0 Å². The molecule has 0 aromatic carbocycles. The molecule has 0 aromatic heterocycles. The summed E-state index contributed by atoms with van der Waals surface area (Å²) in [6.45, 7) is 16.3. The number of fused-ring (bicyclic) bond motifs is 32. The van der Waals surface area contributed by atoms with Gasteiger partial charge >= 0.3 is 17.9 Å². The maximum atomic E-state index is 14.2. The number of carboxylic acid groups (broad SMARTS) is 1. The van der Waals surface area contributed by atoms with Crippen molar-refractivity contribution in [1.82, 2.24) is 0 Å². The highest BCUT2D eigenvalue weighted by molar-refractivity contribution is 5.80. The summed E-state index contributed by atoms with van der Waals surface area (Å²) in [5.74, 6) is 17.3. The van der Waals surface area contributed by atoms with Crippen LogP contribution in [0.3, 0.4) is 0 Å². The van der Waals surface area contributed by atoms with Gasteiger partial charge in [-0.3, -0.25) is 19.2 Å². The normalized spacial score (nSPS) is 47.1. The van der Waals surface area contributed by atoms with E-state index in [2.05, 4.69) is 13.8 Å². The molecule has 8 nitrogen and oxygen atoms in total. The van der Waals surface area contributed by atoms with Gasteiger partial charge in [0.25, 0.3) is 5.97 Å². The lowest BCUT2D eigenvalue weighted by molar-refractivity contribution is -0.174. The summed E-state index contributed by atoms with van der Waals surface area (Å²) in [5.41, 5.74) is -1.68. The molecule has 12 saturated carbocycles. The van der Waals surface area contributed by atoms with Crippen LogP contribution < -0.4 is 0 Å². The first kappa shape index (κ1) is 51.3. The number of rotatable bonds is 7. The molecule has 12 rings (SSSR count). The van der Waals surface area contributed by atoms with Crippen molar-refractivity contribution in [3.63, 3.8) is 0 Å². The van der Waals surface area contributed by atoms with Crippen LogP contribution in [0.1, 0.15) is 182 Å². The maximum absolute atomic E-state index is 14.2. The molecule has 0 radical (unpaired) electrons. The lowest BCUT2D eigenvalue weighted by Gasteiger charge is -2.47. The number of carboxylic acids is 1. The molecule has 0 saturated heterocycles. The van der Waals surface area contributed by atoms with E-state index in [1.165, 1.54) is 71.1 Å².